The van der Waals surface area contributed by atoms with E-state index in [0.717, 1.165) is 43.5 Å². The molecule has 1 atom stereocenters. The number of likely N-dealkylation sites (tertiary alicyclic amines) is 1. The topological polar surface area (TPSA) is 78.0 Å². The number of aromatic nitrogens is 2. The molecule has 0 aliphatic carbocycles. The van der Waals surface area contributed by atoms with Gasteiger partial charge in [0.15, 0.2) is 0 Å². The first kappa shape index (κ1) is 15.5. The van der Waals surface area contributed by atoms with Crippen molar-refractivity contribution in [3.63, 3.8) is 0 Å². The van der Waals surface area contributed by atoms with E-state index < -0.39 is 0 Å². The van der Waals surface area contributed by atoms with Crippen LogP contribution >= 0.6 is 0 Å². The van der Waals surface area contributed by atoms with Crippen LogP contribution in [0.5, 0.6) is 0 Å². The summed E-state index contributed by atoms with van der Waals surface area (Å²) in [4.78, 5) is 6.70. The number of nitrogens with zero attached hydrogens (tertiary/aromatic N) is 4. The predicted molar refractivity (Wildman–Crippen MR) is 86.8 cm³/mol. The van der Waals surface area contributed by atoms with E-state index in [4.69, 9.17) is 9.78 Å². The fraction of sp³-hybridized carbons (Fsp3) is 0.471. The van der Waals surface area contributed by atoms with E-state index in [0.29, 0.717) is 11.5 Å². The zero-order valence-electron chi connectivity index (χ0n) is 13.5. The smallest absolute Gasteiger partial charge is 0.138 e. The number of rotatable bonds is 5. The van der Waals surface area contributed by atoms with Gasteiger partial charge in [0, 0.05) is 31.4 Å². The van der Waals surface area contributed by atoms with Crippen LogP contribution in [0.2, 0.25) is 0 Å². The molecule has 0 saturated carbocycles. The first-order chi connectivity index (χ1) is 11.2. The molecule has 1 aliphatic rings. The van der Waals surface area contributed by atoms with Gasteiger partial charge in [-0.1, -0.05) is 5.16 Å². The van der Waals surface area contributed by atoms with Gasteiger partial charge in [-0.2, -0.15) is 5.26 Å². The molecule has 1 aliphatic heterocycles. The SMILES string of the molecule is Cc1noc(C)c1CN1CCC(CNc2ccc(C#N)cn2)C1. The Morgan fingerprint density at radius 2 is 2.30 bits per heavy atom. The van der Waals surface area contributed by atoms with Crippen LogP contribution in [0.15, 0.2) is 22.9 Å². The average molecular weight is 311 g/mol. The van der Waals surface area contributed by atoms with Crippen molar-refractivity contribution in [2.45, 2.75) is 26.8 Å². The number of anilines is 1. The Kier molecular flexibility index (Phi) is 4.58. The van der Waals surface area contributed by atoms with E-state index in [-0.39, 0.29) is 0 Å². The van der Waals surface area contributed by atoms with Gasteiger partial charge in [0.1, 0.15) is 17.6 Å². The van der Waals surface area contributed by atoms with Gasteiger partial charge < -0.3 is 9.84 Å². The normalized spacial score (nSPS) is 18.0. The van der Waals surface area contributed by atoms with E-state index in [9.17, 15) is 0 Å². The van der Waals surface area contributed by atoms with Gasteiger partial charge in [0.2, 0.25) is 0 Å². The van der Waals surface area contributed by atoms with Gasteiger partial charge in [-0.05, 0) is 44.9 Å². The van der Waals surface area contributed by atoms with E-state index in [1.54, 1.807) is 12.3 Å². The second-order valence-electron chi connectivity index (χ2n) is 6.12. The van der Waals surface area contributed by atoms with Crippen molar-refractivity contribution >= 4 is 5.82 Å². The van der Waals surface area contributed by atoms with Crippen LogP contribution in [0, 0.1) is 31.1 Å². The van der Waals surface area contributed by atoms with Crippen molar-refractivity contribution in [2.24, 2.45) is 5.92 Å². The predicted octanol–water partition coefficient (Wildman–Crippen LogP) is 2.49. The molecule has 2 aromatic heterocycles. The summed E-state index contributed by atoms with van der Waals surface area (Å²) in [5.41, 5.74) is 2.79. The lowest BCUT2D eigenvalue weighted by Gasteiger charge is -2.16. The van der Waals surface area contributed by atoms with Crippen molar-refractivity contribution < 1.29 is 4.52 Å². The molecule has 23 heavy (non-hydrogen) atoms. The fourth-order valence-electron chi connectivity index (χ4n) is 2.99. The molecule has 120 valence electrons. The Hall–Kier alpha value is -2.39. The molecule has 0 spiro atoms. The monoisotopic (exact) mass is 311 g/mol. The molecule has 3 heterocycles. The summed E-state index contributed by atoms with van der Waals surface area (Å²) in [7, 11) is 0. The highest BCUT2D eigenvalue weighted by atomic mass is 16.5. The summed E-state index contributed by atoms with van der Waals surface area (Å²) in [5.74, 6) is 2.35. The second-order valence-corrected chi connectivity index (χ2v) is 6.12. The minimum Gasteiger partial charge on any atom is -0.370 e. The van der Waals surface area contributed by atoms with E-state index in [1.807, 2.05) is 19.9 Å². The van der Waals surface area contributed by atoms with Crippen molar-refractivity contribution in [3.05, 3.63) is 40.9 Å². The molecule has 3 rings (SSSR count). The van der Waals surface area contributed by atoms with Gasteiger partial charge in [-0.25, -0.2) is 4.98 Å². The molecule has 6 heteroatoms. The Morgan fingerprint density at radius 1 is 1.43 bits per heavy atom. The standard InChI is InChI=1S/C17H21N5O/c1-12-16(13(2)23-21-12)11-22-6-5-15(10-22)9-20-17-4-3-14(7-18)8-19-17/h3-4,8,15H,5-6,9-11H2,1-2H3,(H,19,20). The first-order valence-corrected chi connectivity index (χ1v) is 7.90. The van der Waals surface area contributed by atoms with E-state index in [1.165, 1.54) is 12.0 Å². The molecule has 0 bridgehead atoms. The van der Waals surface area contributed by atoms with Crippen LogP contribution in [0.25, 0.3) is 0 Å². The van der Waals surface area contributed by atoms with Crippen molar-refractivity contribution in [3.8, 4) is 6.07 Å². The molecular weight excluding hydrogens is 290 g/mol. The molecule has 1 N–H and O–H groups in total. The molecule has 0 aromatic carbocycles. The molecule has 1 fully saturated rings. The summed E-state index contributed by atoms with van der Waals surface area (Å²) in [5, 5.41) is 16.2. The summed E-state index contributed by atoms with van der Waals surface area (Å²) in [6, 6.07) is 5.72. The molecule has 0 radical (unpaired) electrons. The lowest BCUT2D eigenvalue weighted by Crippen LogP contribution is -2.23. The highest BCUT2D eigenvalue weighted by Gasteiger charge is 2.24. The van der Waals surface area contributed by atoms with Crippen molar-refractivity contribution in [1.82, 2.24) is 15.0 Å². The Bertz CT molecular complexity index is 681. The quantitative estimate of drug-likeness (QED) is 0.914. The Balaban J connectivity index is 1.49. The third kappa shape index (κ3) is 3.69. The molecule has 6 nitrogen and oxygen atoms in total. The zero-order chi connectivity index (χ0) is 16.2. The molecular formula is C17H21N5O. The molecule has 2 aromatic rings. The van der Waals surface area contributed by atoms with Crippen LogP contribution in [-0.2, 0) is 6.54 Å². The maximum Gasteiger partial charge on any atom is 0.138 e. The minimum absolute atomic E-state index is 0.585. The summed E-state index contributed by atoms with van der Waals surface area (Å²) < 4.78 is 5.24. The zero-order valence-corrected chi connectivity index (χ0v) is 13.5. The number of hydrogen-bond acceptors (Lipinski definition) is 6. The lowest BCUT2D eigenvalue weighted by molar-refractivity contribution is 0.315. The van der Waals surface area contributed by atoms with Crippen molar-refractivity contribution in [2.75, 3.05) is 25.0 Å². The Labute approximate surface area is 136 Å². The molecule has 1 unspecified atom stereocenters. The molecule has 1 saturated heterocycles. The van der Waals surface area contributed by atoms with Gasteiger partial charge in [-0.15, -0.1) is 0 Å². The summed E-state index contributed by atoms with van der Waals surface area (Å²) in [6.45, 7) is 7.94. The van der Waals surface area contributed by atoms with Crippen LogP contribution in [0.1, 0.15) is 29.0 Å². The van der Waals surface area contributed by atoms with Gasteiger partial charge in [0.05, 0.1) is 11.3 Å². The second kappa shape index (κ2) is 6.80. The highest BCUT2D eigenvalue weighted by molar-refractivity contribution is 5.38. The van der Waals surface area contributed by atoms with Gasteiger partial charge >= 0.3 is 0 Å². The van der Waals surface area contributed by atoms with Crippen LogP contribution < -0.4 is 5.32 Å². The molecule has 0 amide bonds. The Morgan fingerprint density at radius 3 is 2.96 bits per heavy atom. The number of nitrogens with one attached hydrogen (secondary N) is 1. The number of nitriles is 1. The lowest BCUT2D eigenvalue weighted by atomic mass is 10.1. The van der Waals surface area contributed by atoms with E-state index in [2.05, 4.69) is 26.4 Å². The third-order valence-electron chi connectivity index (χ3n) is 4.40. The van der Waals surface area contributed by atoms with Crippen molar-refractivity contribution in [1.29, 1.82) is 5.26 Å². The van der Waals surface area contributed by atoms with Crippen LogP contribution in [0.4, 0.5) is 5.82 Å². The van der Waals surface area contributed by atoms with Gasteiger partial charge in [0.25, 0.3) is 0 Å². The number of hydrogen-bond donors (Lipinski definition) is 1. The third-order valence-corrected chi connectivity index (χ3v) is 4.40. The van der Waals surface area contributed by atoms with Crippen LogP contribution in [-0.4, -0.2) is 34.7 Å². The maximum absolute atomic E-state index is 8.78. The van der Waals surface area contributed by atoms with E-state index >= 15 is 0 Å². The largest absolute Gasteiger partial charge is 0.370 e. The average Bonchev–Trinajstić information content (AvgIpc) is 3.15. The number of aryl methyl sites for hydroxylation is 2. The highest BCUT2D eigenvalue weighted by Crippen LogP contribution is 2.22. The van der Waals surface area contributed by atoms with Gasteiger partial charge in [-0.3, -0.25) is 4.90 Å². The summed E-state index contributed by atoms with van der Waals surface area (Å²) >= 11 is 0. The summed E-state index contributed by atoms with van der Waals surface area (Å²) in [6.07, 6.45) is 2.77. The van der Waals surface area contributed by atoms with Crippen LogP contribution in [0.3, 0.4) is 0 Å². The fourth-order valence-corrected chi connectivity index (χ4v) is 2.99. The maximum atomic E-state index is 8.78. The number of pyridine rings is 1. The first-order valence-electron chi connectivity index (χ1n) is 7.90. The minimum atomic E-state index is 0.585.